The Hall–Kier alpha value is -2.96. The number of anilines is 1. The SMILES string of the molecule is Cc1cc(C(=O)NCC2CCC3(CC2)C[C@@H]3CCc2nc(N(C)C)c3ccccc3n2)n(C)n1. The van der Waals surface area contributed by atoms with Gasteiger partial charge < -0.3 is 10.2 Å². The highest BCUT2D eigenvalue weighted by atomic mass is 16.2. The molecule has 2 aliphatic carbocycles. The van der Waals surface area contributed by atoms with E-state index in [1.54, 1.807) is 4.68 Å². The predicted molar refractivity (Wildman–Crippen MR) is 135 cm³/mol. The zero-order valence-electron chi connectivity index (χ0n) is 20.8. The van der Waals surface area contributed by atoms with E-state index in [0.29, 0.717) is 17.0 Å². The lowest BCUT2D eigenvalue weighted by molar-refractivity contribution is 0.0930. The summed E-state index contributed by atoms with van der Waals surface area (Å²) in [5.74, 6) is 3.33. The highest BCUT2D eigenvalue weighted by Gasteiger charge is 2.54. The summed E-state index contributed by atoms with van der Waals surface area (Å²) in [6.07, 6.45) is 8.44. The largest absolute Gasteiger partial charge is 0.362 e. The number of para-hydroxylation sites is 1. The number of rotatable bonds is 7. The second kappa shape index (κ2) is 9.01. The molecule has 2 heterocycles. The Kier molecular flexibility index (Phi) is 6.04. The van der Waals surface area contributed by atoms with Gasteiger partial charge in [0, 0.05) is 39.5 Å². The second-order valence-corrected chi connectivity index (χ2v) is 10.6. The normalized spacial score (nSPS) is 23.9. The molecule has 0 radical (unpaired) electrons. The van der Waals surface area contributed by atoms with Crippen molar-refractivity contribution in [3.8, 4) is 0 Å². The smallest absolute Gasteiger partial charge is 0.269 e. The fourth-order valence-electron chi connectivity index (χ4n) is 5.92. The van der Waals surface area contributed by atoms with Gasteiger partial charge in [0.05, 0.1) is 11.2 Å². The minimum absolute atomic E-state index is 0.0137. The first-order valence-electron chi connectivity index (χ1n) is 12.6. The molecule has 5 rings (SSSR count). The van der Waals surface area contributed by atoms with Crippen molar-refractivity contribution in [2.24, 2.45) is 24.3 Å². The zero-order valence-corrected chi connectivity index (χ0v) is 20.8. The monoisotopic (exact) mass is 460 g/mol. The van der Waals surface area contributed by atoms with Crippen molar-refractivity contribution < 1.29 is 4.79 Å². The highest BCUT2D eigenvalue weighted by molar-refractivity contribution is 5.92. The molecule has 180 valence electrons. The van der Waals surface area contributed by atoms with Crippen LogP contribution < -0.4 is 10.2 Å². The van der Waals surface area contributed by atoms with Crippen LogP contribution in [0.25, 0.3) is 10.9 Å². The second-order valence-electron chi connectivity index (χ2n) is 10.6. The number of nitrogens with one attached hydrogen (secondary N) is 1. The molecule has 34 heavy (non-hydrogen) atoms. The van der Waals surface area contributed by atoms with Crippen LogP contribution in [0.5, 0.6) is 0 Å². The molecule has 2 aliphatic rings. The van der Waals surface area contributed by atoms with Crippen molar-refractivity contribution >= 4 is 22.6 Å². The lowest BCUT2D eigenvalue weighted by Gasteiger charge is -2.29. The summed E-state index contributed by atoms with van der Waals surface area (Å²) in [4.78, 5) is 24.3. The van der Waals surface area contributed by atoms with Crippen LogP contribution in [-0.2, 0) is 13.5 Å². The first kappa shape index (κ1) is 22.8. The zero-order chi connectivity index (χ0) is 23.9. The van der Waals surface area contributed by atoms with Gasteiger partial charge in [0.25, 0.3) is 5.91 Å². The summed E-state index contributed by atoms with van der Waals surface area (Å²) < 4.78 is 1.66. The minimum atomic E-state index is -0.0137. The van der Waals surface area contributed by atoms with Crippen LogP contribution in [0.4, 0.5) is 5.82 Å². The summed E-state index contributed by atoms with van der Waals surface area (Å²) in [5.41, 5.74) is 3.07. The Labute approximate surface area is 202 Å². The fourth-order valence-corrected chi connectivity index (χ4v) is 5.92. The van der Waals surface area contributed by atoms with Gasteiger partial charge in [-0.3, -0.25) is 9.48 Å². The molecule has 2 fully saturated rings. The molecule has 2 aromatic heterocycles. The van der Waals surface area contributed by atoms with E-state index in [4.69, 9.17) is 9.97 Å². The topological polar surface area (TPSA) is 75.9 Å². The van der Waals surface area contributed by atoms with Gasteiger partial charge in [-0.25, -0.2) is 9.97 Å². The first-order chi connectivity index (χ1) is 16.3. The third-order valence-electron chi connectivity index (χ3n) is 8.02. The molecule has 1 atom stereocenters. The number of fused-ring (bicyclic) bond motifs is 1. The van der Waals surface area contributed by atoms with Crippen LogP contribution in [0, 0.1) is 24.2 Å². The third kappa shape index (κ3) is 4.52. The fraction of sp³-hybridized carbons (Fsp3) is 0.556. The summed E-state index contributed by atoms with van der Waals surface area (Å²) >= 11 is 0. The molecule has 3 aromatic rings. The predicted octanol–water partition coefficient (Wildman–Crippen LogP) is 4.30. The number of carbonyl (C=O) groups excluding carboxylic acids is 1. The standard InChI is InChI=1S/C27H36N6O/c1-18-15-23(33(4)31-18)26(34)28-17-19-11-13-27(14-12-19)16-20(27)9-10-24-29-22-8-6-5-7-21(22)25(30-24)32(2)3/h5-8,15,19-20H,9-14,16-17H2,1-4H3,(H,28,34)/t19?,20-,27?/m0/s1. The van der Waals surface area contributed by atoms with E-state index >= 15 is 0 Å². The third-order valence-corrected chi connectivity index (χ3v) is 8.02. The van der Waals surface area contributed by atoms with Gasteiger partial charge in [-0.2, -0.15) is 5.10 Å². The van der Waals surface area contributed by atoms with Gasteiger partial charge in [0.1, 0.15) is 17.3 Å². The average Bonchev–Trinajstić information content (AvgIpc) is 3.38. The number of hydrogen-bond donors (Lipinski definition) is 1. The molecular weight excluding hydrogens is 424 g/mol. The molecule has 7 nitrogen and oxygen atoms in total. The number of aromatic nitrogens is 4. The van der Waals surface area contributed by atoms with Gasteiger partial charge in [0.15, 0.2) is 0 Å². The van der Waals surface area contributed by atoms with Crippen LogP contribution in [0.1, 0.15) is 60.5 Å². The minimum Gasteiger partial charge on any atom is -0.362 e. The van der Waals surface area contributed by atoms with Crippen molar-refractivity contribution in [2.75, 3.05) is 25.5 Å². The molecule has 0 saturated heterocycles. The molecule has 0 unspecified atom stereocenters. The molecule has 0 bridgehead atoms. The molecule has 2 saturated carbocycles. The quantitative estimate of drug-likeness (QED) is 0.569. The van der Waals surface area contributed by atoms with Gasteiger partial charge in [0.2, 0.25) is 0 Å². The van der Waals surface area contributed by atoms with Crippen molar-refractivity contribution in [2.45, 2.75) is 51.9 Å². The van der Waals surface area contributed by atoms with E-state index in [1.807, 2.05) is 46.3 Å². The molecule has 7 heteroatoms. The Bertz CT molecular complexity index is 1190. The van der Waals surface area contributed by atoms with Crippen LogP contribution in [0.2, 0.25) is 0 Å². The molecule has 1 spiro atoms. The average molecular weight is 461 g/mol. The van der Waals surface area contributed by atoms with Gasteiger partial charge in [-0.05, 0) is 80.9 Å². The van der Waals surface area contributed by atoms with Crippen LogP contribution in [0.3, 0.4) is 0 Å². The lowest BCUT2D eigenvalue weighted by atomic mass is 9.78. The van der Waals surface area contributed by atoms with E-state index in [0.717, 1.165) is 47.1 Å². The number of carbonyl (C=O) groups is 1. The highest BCUT2D eigenvalue weighted by Crippen LogP contribution is 2.63. The van der Waals surface area contributed by atoms with Crippen LogP contribution >= 0.6 is 0 Å². The number of nitrogens with zero attached hydrogens (tertiary/aromatic N) is 5. The summed E-state index contributed by atoms with van der Waals surface area (Å²) in [7, 11) is 5.92. The maximum atomic E-state index is 12.5. The van der Waals surface area contributed by atoms with E-state index in [9.17, 15) is 4.79 Å². The maximum Gasteiger partial charge on any atom is 0.269 e. The molecule has 1 amide bonds. The molecular formula is C27H36N6O. The van der Waals surface area contributed by atoms with Crippen molar-refractivity contribution in [1.29, 1.82) is 0 Å². The summed E-state index contributed by atoms with van der Waals surface area (Å²) in [6, 6.07) is 10.1. The maximum absolute atomic E-state index is 12.5. The van der Waals surface area contributed by atoms with Gasteiger partial charge in [-0.15, -0.1) is 0 Å². The Morgan fingerprint density at radius 3 is 2.68 bits per heavy atom. The summed E-state index contributed by atoms with van der Waals surface area (Å²) in [6.45, 7) is 2.68. The summed E-state index contributed by atoms with van der Waals surface area (Å²) in [5, 5.41) is 8.53. The Balaban J connectivity index is 1.12. The van der Waals surface area contributed by atoms with Crippen molar-refractivity contribution in [3.05, 3.63) is 47.5 Å². The van der Waals surface area contributed by atoms with Crippen molar-refractivity contribution in [1.82, 2.24) is 25.1 Å². The molecule has 1 N–H and O–H groups in total. The Morgan fingerprint density at radius 1 is 1.21 bits per heavy atom. The number of benzene rings is 1. The van der Waals surface area contributed by atoms with Crippen molar-refractivity contribution in [3.63, 3.8) is 0 Å². The Morgan fingerprint density at radius 2 is 1.97 bits per heavy atom. The number of amides is 1. The van der Waals surface area contributed by atoms with E-state index in [-0.39, 0.29) is 5.91 Å². The molecule has 1 aromatic carbocycles. The van der Waals surface area contributed by atoms with Gasteiger partial charge in [-0.1, -0.05) is 12.1 Å². The van der Waals surface area contributed by atoms with E-state index in [1.165, 1.54) is 38.5 Å². The van der Waals surface area contributed by atoms with E-state index in [2.05, 4.69) is 27.4 Å². The van der Waals surface area contributed by atoms with Crippen LogP contribution in [-0.4, -0.2) is 46.3 Å². The van der Waals surface area contributed by atoms with E-state index < -0.39 is 0 Å². The van der Waals surface area contributed by atoms with Gasteiger partial charge >= 0.3 is 0 Å². The number of hydrogen-bond acceptors (Lipinski definition) is 5. The first-order valence-corrected chi connectivity index (χ1v) is 12.6. The molecule has 0 aliphatic heterocycles. The van der Waals surface area contributed by atoms with Crippen LogP contribution in [0.15, 0.2) is 30.3 Å². The lowest BCUT2D eigenvalue weighted by Crippen LogP contribution is -2.32. The number of aryl methyl sites for hydroxylation is 3.